The van der Waals surface area contributed by atoms with Crippen molar-refractivity contribution in [3.05, 3.63) is 151 Å². The predicted molar refractivity (Wildman–Crippen MR) is 156 cm³/mol. The summed E-state index contributed by atoms with van der Waals surface area (Å²) in [6.07, 6.45) is 1.82. The van der Waals surface area contributed by atoms with E-state index in [-0.39, 0.29) is 0 Å². The molecular weight excluding hydrogens is 469 g/mol. The van der Waals surface area contributed by atoms with Crippen LogP contribution < -0.4 is 18.9 Å². The fourth-order valence-corrected chi connectivity index (χ4v) is 4.03. The lowest BCUT2D eigenvalue weighted by Gasteiger charge is -2.28. The summed E-state index contributed by atoms with van der Waals surface area (Å²) in [6, 6.07) is 43.5. The molecule has 0 radical (unpaired) electrons. The zero-order valence-electron chi connectivity index (χ0n) is 21.2. The number of hydrogen-bond acceptors (Lipinski definition) is 4. The molecule has 5 aromatic carbocycles. The van der Waals surface area contributed by atoms with E-state index in [0.29, 0.717) is 17.2 Å². The van der Waals surface area contributed by atoms with Gasteiger partial charge in [0.15, 0.2) is 0 Å². The van der Waals surface area contributed by atoms with Gasteiger partial charge in [0.05, 0.1) is 5.69 Å². The second kappa shape index (κ2) is 11.9. The summed E-state index contributed by atoms with van der Waals surface area (Å²) < 4.78 is 18.8. The highest BCUT2D eigenvalue weighted by Gasteiger charge is 2.32. The number of anilines is 3. The molecule has 0 atom stereocenters. The van der Waals surface area contributed by atoms with E-state index in [0.717, 1.165) is 22.6 Å². The SMILES string of the molecule is C=Cc1ccc(OB(Oc2ccccc2)Oc2ccccc2)c(N(c2ccccc2)c2ccc(C)cc2)c1. The van der Waals surface area contributed by atoms with Crippen molar-refractivity contribution in [1.29, 1.82) is 0 Å². The van der Waals surface area contributed by atoms with Crippen LogP contribution in [0, 0.1) is 6.92 Å². The minimum absolute atomic E-state index is 0.594. The zero-order valence-corrected chi connectivity index (χ0v) is 21.2. The molecule has 0 aliphatic carbocycles. The van der Waals surface area contributed by atoms with Gasteiger partial charge in [0, 0.05) is 11.4 Å². The normalized spacial score (nSPS) is 10.3. The van der Waals surface area contributed by atoms with Crippen LogP contribution in [0.3, 0.4) is 0 Å². The molecule has 38 heavy (non-hydrogen) atoms. The molecule has 4 nitrogen and oxygen atoms in total. The first-order valence-electron chi connectivity index (χ1n) is 12.5. The topological polar surface area (TPSA) is 30.9 Å². The van der Waals surface area contributed by atoms with E-state index in [2.05, 4.69) is 60.9 Å². The zero-order chi connectivity index (χ0) is 26.2. The van der Waals surface area contributed by atoms with Crippen LogP contribution >= 0.6 is 0 Å². The lowest BCUT2D eigenvalue weighted by Crippen LogP contribution is -2.37. The van der Waals surface area contributed by atoms with Crippen molar-refractivity contribution in [3.63, 3.8) is 0 Å². The van der Waals surface area contributed by atoms with Gasteiger partial charge < -0.3 is 18.9 Å². The second-order valence-corrected chi connectivity index (χ2v) is 8.71. The standard InChI is InChI=1S/C33H28BNO3/c1-3-27-21-24-33(38-34(36-30-15-9-5-10-16-30)37-31-17-11-6-12-18-31)32(25-27)35(28-13-7-4-8-14-28)29-22-19-26(2)20-23-29/h3-25H,1H2,2H3. The van der Waals surface area contributed by atoms with Gasteiger partial charge in [-0.1, -0.05) is 91.0 Å². The van der Waals surface area contributed by atoms with Crippen molar-refractivity contribution in [2.75, 3.05) is 4.90 Å². The Morgan fingerprint density at radius 3 is 1.68 bits per heavy atom. The summed E-state index contributed by atoms with van der Waals surface area (Å²) in [5.74, 6) is 1.86. The number of para-hydroxylation sites is 3. The molecule has 5 heteroatoms. The molecule has 0 bridgehead atoms. The van der Waals surface area contributed by atoms with Crippen LogP contribution in [0.15, 0.2) is 140 Å². The quantitative estimate of drug-likeness (QED) is 0.181. The molecule has 0 unspecified atom stereocenters. The van der Waals surface area contributed by atoms with E-state index in [1.54, 1.807) is 0 Å². The van der Waals surface area contributed by atoms with Crippen LogP contribution in [0.5, 0.6) is 17.2 Å². The summed E-state index contributed by atoms with van der Waals surface area (Å²) in [6.45, 7) is 6.06. The van der Waals surface area contributed by atoms with Gasteiger partial charge in [-0.15, -0.1) is 0 Å². The largest absolute Gasteiger partial charge is 0.864 e. The van der Waals surface area contributed by atoms with Crippen molar-refractivity contribution >= 4 is 30.5 Å². The Bertz CT molecular complexity index is 1420. The first kappa shape index (κ1) is 24.8. The lowest BCUT2D eigenvalue weighted by molar-refractivity contribution is 0.307. The minimum Gasteiger partial charge on any atom is -0.490 e. The molecule has 0 heterocycles. The van der Waals surface area contributed by atoms with Crippen LogP contribution in [0.1, 0.15) is 11.1 Å². The average Bonchev–Trinajstić information content (AvgIpc) is 2.96. The Kier molecular flexibility index (Phi) is 7.76. The molecular formula is C33H28BNO3. The van der Waals surface area contributed by atoms with Crippen LogP contribution in [0.4, 0.5) is 17.1 Å². The molecule has 0 aromatic heterocycles. The van der Waals surface area contributed by atoms with E-state index < -0.39 is 7.32 Å². The van der Waals surface area contributed by atoms with E-state index in [1.807, 2.05) is 97.1 Å². The van der Waals surface area contributed by atoms with Crippen LogP contribution in [0.2, 0.25) is 0 Å². The molecule has 0 saturated carbocycles. The Morgan fingerprint density at radius 1 is 0.605 bits per heavy atom. The van der Waals surface area contributed by atoms with Gasteiger partial charge in [0.1, 0.15) is 17.2 Å². The third-order valence-corrected chi connectivity index (χ3v) is 5.94. The molecule has 0 amide bonds. The second-order valence-electron chi connectivity index (χ2n) is 8.71. The van der Waals surface area contributed by atoms with Crippen molar-refractivity contribution < 1.29 is 14.0 Å². The number of benzene rings is 5. The van der Waals surface area contributed by atoms with E-state index in [9.17, 15) is 0 Å². The number of hydrogen-bond donors (Lipinski definition) is 0. The molecule has 0 fully saturated rings. The number of aryl methyl sites for hydroxylation is 1. The van der Waals surface area contributed by atoms with Crippen molar-refractivity contribution in [2.24, 2.45) is 0 Å². The predicted octanol–water partition coefficient (Wildman–Crippen LogP) is 8.63. The highest BCUT2D eigenvalue weighted by molar-refractivity contribution is 6.39. The van der Waals surface area contributed by atoms with Gasteiger partial charge in [-0.3, -0.25) is 0 Å². The molecule has 5 rings (SSSR count). The lowest BCUT2D eigenvalue weighted by atomic mass is 10.1. The Morgan fingerprint density at radius 2 is 1.13 bits per heavy atom. The van der Waals surface area contributed by atoms with Crippen LogP contribution in [-0.2, 0) is 0 Å². The monoisotopic (exact) mass is 497 g/mol. The summed E-state index contributed by atoms with van der Waals surface area (Å²) in [4.78, 5) is 2.16. The molecule has 0 saturated heterocycles. The highest BCUT2D eigenvalue weighted by Crippen LogP contribution is 2.41. The van der Waals surface area contributed by atoms with Gasteiger partial charge in [-0.2, -0.15) is 0 Å². The smallest absolute Gasteiger partial charge is 0.490 e. The Hall–Kier alpha value is -4.90. The summed E-state index contributed by atoms with van der Waals surface area (Å²) in [7, 11) is -1.04. The summed E-state index contributed by atoms with van der Waals surface area (Å²) in [5.41, 5.74) is 4.97. The van der Waals surface area contributed by atoms with Gasteiger partial charge in [-0.25, -0.2) is 0 Å². The third kappa shape index (κ3) is 6.08. The molecule has 0 aliphatic rings. The van der Waals surface area contributed by atoms with Crippen LogP contribution in [-0.4, -0.2) is 7.32 Å². The minimum atomic E-state index is -1.04. The maximum absolute atomic E-state index is 6.48. The van der Waals surface area contributed by atoms with Crippen molar-refractivity contribution in [1.82, 2.24) is 0 Å². The molecule has 5 aromatic rings. The first-order valence-corrected chi connectivity index (χ1v) is 12.5. The fraction of sp³-hybridized carbons (Fsp3) is 0.0303. The third-order valence-electron chi connectivity index (χ3n) is 5.94. The summed E-state index contributed by atoms with van der Waals surface area (Å²) in [5, 5.41) is 0. The first-order chi connectivity index (χ1) is 18.7. The van der Waals surface area contributed by atoms with Gasteiger partial charge in [0.2, 0.25) is 0 Å². The van der Waals surface area contributed by atoms with Gasteiger partial charge in [-0.05, 0) is 73.2 Å². The van der Waals surface area contributed by atoms with Crippen molar-refractivity contribution in [3.8, 4) is 17.2 Å². The molecule has 186 valence electrons. The maximum atomic E-state index is 6.48. The Balaban J connectivity index is 1.58. The Labute approximate surface area is 224 Å². The van der Waals surface area contributed by atoms with E-state index in [4.69, 9.17) is 14.0 Å². The van der Waals surface area contributed by atoms with E-state index in [1.165, 1.54) is 5.56 Å². The van der Waals surface area contributed by atoms with Gasteiger partial charge >= 0.3 is 7.32 Å². The average molecular weight is 497 g/mol. The van der Waals surface area contributed by atoms with Crippen molar-refractivity contribution in [2.45, 2.75) is 6.92 Å². The van der Waals surface area contributed by atoms with E-state index >= 15 is 0 Å². The molecule has 0 aliphatic heterocycles. The van der Waals surface area contributed by atoms with Gasteiger partial charge in [0.25, 0.3) is 0 Å². The summed E-state index contributed by atoms with van der Waals surface area (Å²) >= 11 is 0. The fourth-order valence-electron chi connectivity index (χ4n) is 4.03. The highest BCUT2D eigenvalue weighted by atomic mass is 16.7. The number of rotatable bonds is 10. The van der Waals surface area contributed by atoms with Crippen LogP contribution in [0.25, 0.3) is 6.08 Å². The number of nitrogens with zero attached hydrogens (tertiary/aromatic N) is 1. The maximum Gasteiger partial charge on any atom is 0.864 e. The molecule has 0 N–H and O–H groups in total. The molecule has 0 spiro atoms.